The molecule has 1 aromatic carbocycles. The van der Waals surface area contributed by atoms with E-state index in [1.54, 1.807) is 16.5 Å². The van der Waals surface area contributed by atoms with Crippen LogP contribution in [0.5, 0.6) is 0 Å². The third kappa shape index (κ3) is 3.54. The maximum absolute atomic E-state index is 14.1. The number of thiazole rings is 1. The number of hydrogen-bond donors (Lipinski definition) is 2. The summed E-state index contributed by atoms with van der Waals surface area (Å²) in [7, 11) is 0. The summed E-state index contributed by atoms with van der Waals surface area (Å²) in [5, 5.41) is 8.49. The fraction of sp³-hybridized carbons (Fsp3) is 0.217. The highest BCUT2D eigenvalue weighted by atomic mass is 32.1. The van der Waals surface area contributed by atoms with Crippen molar-refractivity contribution in [3.05, 3.63) is 81.4 Å². The standard InChI is InChI=1S/C23H21FN6OS/c1-13-11-32-23-29-19(18(22(31)30(13)23)15-6-5-7-16(24)10-15)14(2)28-21-17-8-3-4-9-25-20(17)26-12-27-21/h4-7,9-12,14H,3,8H2,1-2H3,(H2,25,26,27,28). The molecule has 4 aromatic rings. The third-order valence-electron chi connectivity index (χ3n) is 5.49. The molecule has 0 amide bonds. The van der Waals surface area contributed by atoms with Gasteiger partial charge in [0, 0.05) is 16.6 Å². The van der Waals surface area contributed by atoms with Crippen LogP contribution in [0.15, 0.2) is 53.0 Å². The molecule has 0 radical (unpaired) electrons. The molecule has 3 aromatic heterocycles. The molecular formula is C23H21FN6OS. The van der Waals surface area contributed by atoms with Gasteiger partial charge in [-0.15, -0.1) is 11.3 Å². The number of allylic oxidation sites excluding steroid dienone is 1. The van der Waals surface area contributed by atoms with E-state index in [-0.39, 0.29) is 11.6 Å². The summed E-state index contributed by atoms with van der Waals surface area (Å²) in [5.74, 6) is 1.04. The monoisotopic (exact) mass is 448 g/mol. The van der Waals surface area contributed by atoms with E-state index in [1.807, 2.05) is 31.5 Å². The van der Waals surface area contributed by atoms with Crippen molar-refractivity contribution in [1.82, 2.24) is 19.4 Å². The molecule has 1 aliphatic rings. The fourth-order valence-electron chi connectivity index (χ4n) is 3.95. The zero-order chi connectivity index (χ0) is 22.2. The average Bonchev–Trinajstić information content (AvgIpc) is 2.99. The van der Waals surface area contributed by atoms with E-state index in [2.05, 4.69) is 20.6 Å². The summed E-state index contributed by atoms with van der Waals surface area (Å²) in [4.78, 5) is 27.7. The highest BCUT2D eigenvalue weighted by molar-refractivity contribution is 7.15. The minimum absolute atomic E-state index is 0.213. The van der Waals surface area contributed by atoms with Gasteiger partial charge in [-0.1, -0.05) is 18.2 Å². The first-order valence-corrected chi connectivity index (χ1v) is 11.2. The second-order valence-corrected chi connectivity index (χ2v) is 8.52. The maximum atomic E-state index is 14.1. The lowest BCUT2D eigenvalue weighted by Gasteiger charge is -2.20. The highest BCUT2D eigenvalue weighted by Gasteiger charge is 2.23. The molecule has 2 N–H and O–H groups in total. The van der Waals surface area contributed by atoms with Crippen molar-refractivity contribution in [1.29, 1.82) is 0 Å². The number of aryl methyl sites for hydroxylation is 1. The number of nitrogens with zero attached hydrogens (tertiary/aromatic N) is 4. The summed E-state index contributed by atoms with van der Waals surface area (Å²) in [6.45, 7) is 3.79. The predicted molar refractivity (Wildman–Crippen MR) is 125 cm³/mol. The molecule has 0 saturated heterocycles. The molecule has 0 spiro atoms. The number of hydrogen-bond acceptors (Lipinski definition) is 7. The van der Waals surface area contributed by atoms with Crippen molar-refractivity contribution in [3.63, 3.8) is 0 Å². The zero-order valence-electron chi connectivity index (χ0n) is 17.6. The minimum atomic E-state index is -0.403. The van der Waals surface area contributed by atoms with Crippen molar-refractivity contribution in [2.24, 2.45) is 0 Å². The van der Waals surface area contributed by atoms with Gasteiger partial charge >= 0.3 is 0 Å². The van der Waals surface area contributed by atoms with Crippen LogP contribution in [0.4, 0.5) is 16.0 Å². The molecule has 0 aliphatic carbocycles. The van der Waals surface area contributed by atoms with Crippen LogP contribution in [0, 0.1) is 12.7 Å². The number of aromatic nitrogens is 4. The summed E-state index contributed by atoms with van der Waals surface area (Å²) in [5.41, 5.74) is 2.99. The Labute approximate surface area is 187 Å². The van der Waals surface area contributed by atoms with Gasteiger partial charge in [-0.3, -0.25) is 9.20 Å². The van der Waals surface area contributed by atoms with Crippen LogP contribution >= 0.6 is 11.3 Å². The average molecular weight is 449 g/mol. The van der Waals surface area contributed by atoms with Gasteiger partial charge in [-0.05, 0) is 50.6 Å². The number of nitrogens with one attached hydrogen (secondary N) is 2. The van der Waals surface area contributed by atoms with Gasteiger partial charge in [0.2, 0.25) is 0 Å². The molecule has 162 valence electrons. The molecule has 1 unspecified atom stereocenters. The molecule has 1 aliphatic heterocycles. The quantitative estimate of drug-likeness (QED) is 0.471. The van der Waals surface area contributed by atoms with Gasteiger partial charge in [-0.2, -0.15) is 0 Å². The Balaban J connectivity index is 1.64. The van der Waals surface area contributed by atoms with Gasteiger partial charge < -0.3 is 10.6 Å². The molecule has 0 fully saturated rings. The van der Waals surface area contributed by atoms with Gasteiger partial charge in [-0.25, -0.2) is 19.3 Å². The van der Waals surface area contributed by atoms with Crippen molar-refractivity contribution in [2.75, 3.05) is 10.6 Å². The molecule has 0 bridgehead atoms. The zero-order valence-corrected chi connectivity index (χ0v) is 18.4. The first-order valence-electron chi connectivity index (χ1n) is 10.3. The molecule has 32 heavy (non-hydrogen) atoms. The lowest BCUT2D eigenvalue weighted by molar-refractivity contribution is 0.628. The Hall–Kier alpha value is -3.59. The molecular weight excluding hydrogens is 427 g/mol. The maximum Gasteiger partial charge on any atom is 0.266 e. The Morgan fingerprint density at radius 3 is 3.03 bits per heavy atom. The molecule has 7 nitrogen and oxygen atoms in total. The Morgan fingerprint density at radius 2 is 2.19 bits per heavy atom. The molecule has 5 rings (SSSR count). The smallest absolute Gasteiger partial charge is 0.266 e. The largest absolute Gasteiger partial charge is 0.362 e. The van der Waals surface area contributed by atoms with E-state index in [9.17, 15) is 9.18 Å². The molecule has 9 heteroatoms. The second kappa shape index (κ2) is 8.16. The number of fused-ring (bicyclic) bond motifs is 2. The van der Waals surface area contributed by atoms with E-state index >= 15 is 0 Å². The summed E-state index contributed by atoms with van der Waals surface area (Å²) < 4.78 is 15.6. The van der Waals surface area contributed by atoms with Crippen LogP contribution in [0.2, 0.25) is 0 Å². The Bertz CT molecular complexity index is 1410. The van der Waals surface area contributed by atoms with Gasteiger partial charge in [0.05, 0.1) is 17.3 Å². The Morgan fingerprint density at radius 1 is 1.31 bits per heavy atom. The fourth-order valence-corrected chi connectivity index (χ4v) is 4.81. The number of benzene rings is 1. The number of anilines is 2. The van der Waals surface area contributed by atoms with E-state index in [0.717, 1.165) is 29.9 Å². The Kier molecular flexibility index (Phi) is 5.18. The van der Waals surface area contributed by atoms with Crippen molar-refractivity contribution < 1.29 is 4.39 Å². The minimum Gasteiger partial charge on any atom is -0.362 e. The second-order valence-electron chi connectivity index (χ2n) is 7.68. The van der Waals surface area contributed by atoms with E-state index < -0.39 is 5.82 Å². The first-order chi connectivity index (χ1) is 15.5. The van der Waals surface area contributed by atoms with Crippen molar-refractivity contribution in [3.8, 4) is 11.1 Å². The van der Waals surface area contributed by atoms with Gasteiger partial charge in [0.1, 0.15) is 23.8 Å². The SMILES string of the molecule is Cc1csc2nc(C(C)Nc3ncnc4c3CCC=CN4)c(-c3cccc(F)c3)c(=O)n12. The van der Waals surface area contributed by atoms with Crippen LogP contribution < -0.4 is 16.2 Å². The predicted octanol–water partition coefficient (Wildman–Crippen LogP) is 4.71. The molecule has 0 saturated carbocycles. The summed E-state index contributed by atoms with van der Waals surface area (Å²) >= 11 is 1.40. The van der Waals surface area contributed by atoms with Crippen LogP contribution in [0.1, 0.15) is 36.3 Å². The van der Waals surface area contributed by atoms with Gasteiger partial charge in [0.25, 0.3) is 5.56 Å². The lowest BCUT2D eigenvalue weighted by atomic mass is 10.0. The number of rotatable bonds is 4. The van der Waals surface area contributed by atoms with E-state index in [0.29, 0.717) is 27.6 Å². The van der Waals surface area contributed by atoms with E-state index in [1.165, 1.54) is 29.8 Å². The summed E-state index contributed by atoms with van der Waals surface area (Å²) in [6.07, 6.45) is 7.08. The topological polar surface area (TPSA) is 84.2 Å². The van der Waals surface area contributed by atoms with E-state index in [4.69, 9.17) is 4.98 Å². The van der Waals surface area contributed by atoms with Gasteiger partial charge in [0.15, 0.2) is 4.96 Å². The van der Waals surface area contributed by atoms with Crippen molar-refractivity contribution in [2.45, 2.75) is 32.7 Å². The van der Waals surface area contributed by atoms with Crippen LogP contribution in [-0.4, -0.2) is 19.4 Å². The summed E-state index contributed by atoms with van der Waals surface area (Å²) in [6, 6.07) is 5.71. The molecule has 4 heterocycles. The normalized spacial score (nSPS) is 14.0. The first kappa shape index (κ1) is 20.3. The van der Waals surface area contributed by atoms with Crippen LogP contribution in [0.3, 0.4) is 0 Å². The lowest BCUT2D eigenvalue weighted by Crippen LogP contribution is -2.23. The third-order valence-corrected chi connectivity index (χ3v) is 6.43. The number of halogens is 1. The highest BCUT2D eigenvalue weighted by Crippen LogP contribution is 2.31. The van der Waals surface area contributed by atoms with Crippen molar-refractivity contribution >= 4 is 27.9 Å². The van der Waals surface area contributed by atoms with Crippen LogP contribution in [-0.2, 0) is 6.42 Å². The molecule has 1 atom stereocenters. The van der Waals surface area contributed by atoms with Crippen LogP contribution in [0.25, 0.3) is 16.1 Å².